The van der Waals surface area contributed by atoms with Gasteiger partial charge >= 0.3 is 0 Å². The smallest absolute Gasteiger partial charge is 0.240 e. The van der Waals surface area contributed by atoms with Crippen LogP contribution in [-0.2, 0) is 20.6 Å². The second kappa shape index (κ2) is 12.5. The van der Waals surface area contributed by atoms with E-state index in [4.69, 9.17) is 4.74 Å². The number of carbonyl (C=O) groups excluding carboxylic acids is 1. The van der Waals surface area contributed by atoms with Gasteiger partial charge in [-0.25, -0.2) is 8.42 Å². The fraction of sp³-hybridized carbons (Fsp3) is 0.409. The van der Waals surface area contributed by atoms with E-state index in [-0.39, 0.29) is 12.5 Å². The maximum absolute atomic E-state index is 12.3. The second-order valence-corrected chi connectivity index (χ2v) is 9.87. The Labute approximate surface area is 184 Å². The van der Waals surface area contributed by atoms with Crippen molar-refractivity contribution in [2.24, 2.45) is 0 Å². The second-order valence-electron chi connectivity index (χ2n) is 6.85. The van der Waals surface area contributed by atoms with Gasteiger partial charge in [-0.15, -0.1) is 0 Å². The van der Waals surface area contributed by atoms with Crippen molar-refractivity contribution in [3.63, 3.8) is 0 Å². The summed E-state index contributed by atoms with van der Waals surface area (Å²) >= 11 is 1.81. The third-order valence-corrected chi connectivity index (χ3v) is 6.44. The molecule has 0 saturated heterocycles. The zero-order valence-corrected chi connectivity index (χ0v) is 19.2. The van der Waals surface area contributed by atoms with E-state index < -0.39 is 10.0 Å². The molecule has 0 heterocycles. The monoisotopic (exact) mass is 450 g/mol. The Hall–Kier alpha value is -2.19. The van der Waals surface area contributed by atoms with Gasteiger partial charge in [0.25, 0.3) is 0 Å². The largest absolute Gasteiger partial charge is 0.494 e. The summed E-state index contributed by atoms with van der Waals surface area (Å²) in [6, 6.07) is 17.0. The summed E-state index contributed by atoms with van der Waals surface area (Å²) in [7, 11) is -3.59. The van der Waals surface area contributed by atoms with Crippen molar-refractivity contribution in [1.29, 1.82) is 0 Å². The minimum atomic E-state index is -3.59. The van der Waals surface area contributed by atoms with Gasteiger partial charge in [0.05, 0.1) is 18.6 Å². The first-order valence-corrected chi connectivity index (χ1v) is 13.0. The Morgan fingerprint density at radius 3 is 2.43 bits per heavy atom. The van der Waals surface area contributed by atoms with Crippen LogP contribution < -0.4 is 14.4 Å². The van der Waals surface area contributed by atoms with E-state index >= 15 is 0 Å². The van der Waals surface area contributed by atoms with Crippen LogP contribution in [0.25, 0.3) is 0 Å². The van der Waals surface area contributed by atoms with Gasteiger partial charge in [0.15, 0.2) is 0 Å². The van der Waals surface area contributed by atoms with E-state index in [2.05, 4.69) is 17.4 Å². The first kappa shape index (κ1) is 24.1. The van der Waals surface area contributed by atoms with Crippen molar-refractivity contribution in [2.75, 3.05) is 36.0 Å². The molecule has 2 aromatic carbocycles. The number of nitrogens with one attached hydrogen (secondary N) is 1. The van der Waals surface area contributed by atoms with Crippen LogP contribution >= 0.6 is 11.8 Å². The van der Waals surface area contributed by atoms with E-state index in [1.807, 2.05) is 36.9 Å². The van der Waals surface area contributed by atoms with E-state index in [9.17, 15) is 13.2 Å². The van der Waals surface area contributed by atoms with Gasteiger partial charge in [0.2, 0.25) is 15.9 Å². The Balaban J connectivity index is 1.78. The maximum Gasteiger partial charge on any atom is 0.240 e. The summed E-state index contributed by atoms with van der Waals surface area (Å²) in [4.78, 5) is 12.3. The Morgan fingerprint density at radius 2 is 1.80 bits per heavy atom. The van der Waals surface area contributed by atoms with Crippen molar-refractivity contribution in [3.8, 4) is 5.75 Å². The lowest BCUT2D eigenvalue weighted by Crippen LogP contribution is -2.40. The molecule has 2 rings (SSSR count). The molecule has 8 heteroatoms. The number of hydrogen-bond acceptors (Lipinski definition) is 5. The quantitative estimate of drug-likeness (QED) is 0.471. The van der Waals surface area contributed by atoms with Crippen LogP contribution in [0.1, 0.15) is 25.3 Å². The number of amides is 1. The van der Waals surface area contributed by atoms with Crippen molar-refractivity contribution in [1.82, 2.24) is 5.32 Å². The van der Waals surface area contributed by atoms with Gasteiger partial charge in [0.1, 0.15) is 12.3 Å². The summed E-state index contributed by atoms with van der Waals surface area (Å²) in [5.74, 6) is 2.21. The third kappa shape index (κ3) is 8.67. The van der Waals surface area contributed by atoms with Gasteiger partial charge in [0, 0.05) is 12.3 Å². The summed E-state index contributed by atoms with van der Waals surface area (Å²) in [5, 5.41) is 2.81. The number of nitrogens with zero attached hydrogens (tertiary/aromatic N) is 1. The fourth-order valence-electron chi connectivity index (χ4n) is 2.68. The van der Waals surface area contributed by atoms with Crippen molar-refractivity contribution < 1.29 is 17.9 Å². The summed E-state index contributed by atoms with van der Waals surface area (Å²) < 4.78 is 31.0. The first-order valence-electron chi connectivity index (χ1n) is 9.99. The molecule has 6 nitrogen and oxygen atoms in total. The molecule has 0 radical (unpaired) electrons. The molecule has 1 N–H and O–H groups in total. The average Bonchev–Trinajstić information content (AvgIpc) is 2.73. The highest BCUT2D eigenvalue weighted by Crippen LogP contribution is 2.21. The Bertz CT molecular complexity index is 872. The van der Waals surface area contributed by atoms with Gasteiger partial charge in [-0.1, -0.05) is 37.3 Å². The van der Waals surface area contributed by atoms with E-state index in [0.717, 1.165) is 34.9 Å². The predicted molar refractivity (Wildman–Crippen MR) is 125 cm³/mol. The molecule has 0 fully saturated rings. The topological polar surface area (TPSA) is 75.7 Å². The minimum Gasteiger partial charge on any atom is -0.494 e. The van der Waals surface area contributed by atoms with Crippen LogP contribution in [0.2, 0.25) is 0 Å². The van der Waals surface area contributed by atoms with Crippen LogP contribution in [0.5, 0.6) is 5.75 Å². The van der Waals surface area contributed by atoms with E-state index in [0.29, 0.717) is 24.6 Å². The van der Waals surface area contributed by atoms with Crippen LogP contribution in [0.15, 0.2) is 54.6 Å². The number of rotatable bonds is 13. The standard InChI is InChI=1S/C22H30N2O4S2/c1-3-15-28-21-12-10-20(11-13-21)24(30(2,26)27)17-22(25)23-14-7-16-29-18-19-8-5-4-6-9-19/h4-6,8-13H,3,7,14-18H2,1-2H3,(H,23,25). The molecule has 2 aromatic rings. The van der Waals surface area contributed by atoms with Crippen LogP contribution in [0, 0.1) is 0 Å². The zero-order valence-electron chi connectivity index (χ0n) is 17.5. The SMILES string of the molecule is CCCOc1ccc(N(CC(=O)NCCCSCc2ccccc2)S(C)(=O)=O)cc1. The highest BCUT2D eigenvalue weighted by atomic mass is 32.2. The molecule has 0 bridgehead atoms. The lowest BCUT2D eigenvalue weighted by molar-refractivity contribution is -0.119. The number of benzene rings is 2. The lowest BCUT2D eigenvalue weighted by Gasteiger charge is -2.22. The fourth-order valence-corrected chi connectivity index (χ4v) is 4.46. The molecular weight excluding hydrogens is 420 g/mol. The highest BCUT2D eigenvalue weighted by Gasteiger charge is 2.20. The average molecular weight is 451 g/mol. The van der Waals surface area contributed by atoms with Crippen molar-refractivity contribution >= 4 is 33.4 Å². The summed E-state index contributed by atoms with van der Waals surface area (Å²) in [6.45, 7) is 2.88. The molecule has 30 heavy (non-hydrogen) atoms. The van der Waals surface area contributed by atoms with E-state index in [1.165, 1.54) is 5.56 Å². The number of sulfonamides is 1. The van der Waals surface area contributed by atoms with Gasteiger partial charge in [-0.3, -0.25) is 9.10 Å². The maximum atomic E-state index is 12.3. The first-order chi connectivity index (χ1) is 14.4. The lowest BCUT2D eigenvalue weighted by atomic mass is 10.2. The van der Waals surface area contributed by atoms with Crippen molar-refractivity contribution in [2.45, 2.75) is 25.5 Å². The van der Waals surface area contributed by atoms with Crippen LogP contribution in [0.3, 0.4) is 0 Å². The molecular formula is C22H30N2O4S2. The third-order valence-electron chi connectivity index (χ3n) is 4.18. The number of ether oxygens (including phenoxy) is 1. The Kier molecular flexibility index (Phi) is 10.0. The molecule has 0 saturated carbocycles. The molecule has 0 unspecified atom stereocenters. The molecule has 0 aromatic heterocycles. The van der Waals surface area contributed by atoms with E-state index in [1.54, 1.807) is 24.3 Å². The molecule has 0 atom stereocenters. The van der Waals surface area contributed by atoms with Crippen LogP contribution in [0.4, 0.5) is 5.69 Å². The Morgan fingerprint density at radius 1 is 1.10 bits per heavy atom. The number of thioether (sulfide) groups is 1. The number of hydrogen-bond donors (Lipinski definition) is 1. The van der Waals surface area contributed by atoms with Gasteiger partial charge in [-0.2, -0.15) is 11.8 Å². The predicted octanol–water partition coefficient (Wildman–Crippen LogP) is 3.68. The molecule has 164 valence electrons. The molecule has 0 aliphatic rings. The molecule has 0 aliphatic heterocycles. The molecule has 0 spiro atoms. The van der Waals surface area contributed by atoms with Gasteiger partial charge < -0.3 is 10.1 Å². The summed E-state index contributed by atoms with van der Waals surface area (Å²) in [6.07, 6.45) is 2.82. The van der Waals surface area contributed by atoms with Gasteiger partial charge in [-0.05, 0) is 48.4 Å². The summed E-state index contributed by atoms with van der Waals surface area (Å²) in [5.41, 5.74) is 1.72. The highest BCUT2D eigenvalue weighted by molar-refractivity contribution is 7.98. The number of carbonyl (C=O) groups is 1. The minimum absolute atomic E-state index is 0.245. The molecule has 0 aliphatic carbocycles. The van der Waals surface area contributed by atoms with Crippen LogP contribution in [-0.4, -0.2) is 46.0 Å². The number of anilines is 1. The zero-order chi connectivity index (χ0) is 21.8. The van der Waals surface area contributed by atoms with Crippen molar-refractivity contribution in [3.05, 3.63) is 60.2 Å². The molecule has 1 amide bonds. The normalized spacial score (nSPS) is 11.1.